The Bertz CT molecular complexity index is 1090. The summed E-state index contributed by atoms with van der Waals surface area (Å²) in [6, 6.07) is 23.5. The van der Waals surface area contributed by atoms with E-state index >= 15 is 0 Å². The van der Waals surface area contributed by atoms with E-state index in [9.17, 15) is 9.59 Å². The third-order valence-corrected chi connectivity index (χ3v) is 6.76. The largest absolute Gasteiger partial charge is 0.322 e. The minimum Gasteiger partial charge on any atom is -0.322 e. The molecular formula is C26H26N2O2S. The van der Waals surface area contributed by atoms with Crippen LogP contribution in [0.2, 0.25) is 0 Å². The molecule has 5 heteroatoms. The van der Waals surface area contributed by atoms with E-state index in [1.807, 2.05) is 72.5 Å². The van der Waals surface area contributed by atoms with E-state index < -0.39 is 0 Å². The first-order valence-corrected chi connectivity index (χ1v) is 11.5. The fourth-order valence-electron chi connectivity index (χ4n) is 3.73. The van der Waals surface area contributed by atoms with Crippen LogP contribution in [0, 0.1) is 6.92 Å². The van der Waals surface area contributed by atoms with Crippen LogP contribution in [0.15, 0.2) is 72.8 Å². The van der Waals surface area contributed by atoms with Crippen LogP contribution in [0.3, 0.4) is 0 Å². The molecule has 0 bridgehead atoms. The van der Waals surface area contributed by atoms with Crippen molar-refractivity contribution in [2.24, 2.45) is 0 Å². The molecule has 0 radical (unpaired) electrons. The molecule has 1 N–H and O–H groups in total. The van der Waals surface area contributed by atoms with Crippen LogP contribution in [-0.4, -0.2) is 17.6 Å². The highest BCUT2D eigenvalue weighted by atomic mass is 32.2. The van der Waals surface area contributed by atoms with Crippen LogP contribution >= 0.6 is 11.8 Å². The zero-order valence-corrected chi connectivity index (χ0v) is 18.8. The van der Waals surface area contributed by atoms with Crippen molar-refractivity contribution < 1.29 is 9.59 Å². The second-order valence-electron chi connectivity index (χ2n) is 8.06. The van der Waals surface area contributed by atoms with Gasteiger partial charge in [0.15, 0.2) is 0 Å². The molecule has 3 aromatic rings. The highest BCUT2D eigenvalue weighted by Crippen LogP contribution is 2.42. The Balaban J connectivity index is 1.51. The first kappa shape index (κ1) is 21.2. The Morgan fingerprint density at radius 1 is 1.00 bits per heavy atom. The molecule has 158 valence electrons. The Morgan fingerprint density at radius 3 is 2.32 bits per heavy atom. The Hall–Kier alpha value is -3.05. The van der Waals surface area contributed by atoms with Crippen molar-refractivity contribution in [3.8, 4) is 0 Å². The van der Waals surface area contributed by atoms with Crippen LogP contribution in [0.1, 0.15) is 52.2 Å². The lowest BCUT2D eigenvalue weighted by Crippen LogP contribution is -2.27. The lowest BCUT2D eigenvalue weighted by Gasteiger charge is -2.25. The molecule has 2 amide bonds. The van der Waals surface area contributed by atoms with Crippen molar-refractivity contribution in [1.82, 2.24) is 0 Å². The van der Waals surface area contributed by atoms with E-state index in [0.717, 1.165) is 22.5 Å². The minimum atomic E-state index is -0.122. The fraction of sp³-hybridized carbons (Fsp3) is 0.231. The molecule has 3 aromatic carbocycles. The van der Waals surface area contributed by atoms with Crippen LogP contribution in [0.25, 0.3) is 0 Å². The van der Waals surface area contributed by atoms with Gasteiger partial charge in [0.2, 0.25) is 5.91 Å². The molecule has 1 saturated heterocycles. The van der Waals surface area contributed by atoms with Crippen LogP contribution in [0.4, 0.5) is 11.4 Å². The lowest BCUT2D eigenvalue weighted by molar-refractivity contribution is -0.115. The average molecular weight is 431 g/mol. The van der Waals surface area contributed by atoms with Gasteiger partial charge in [-0.05, 0) is 59.9 Å². The monoisotopic (exact) mass is 430 g/mol. The van der Waals surface area contributed by atoms with Gasteiger partial charge in [0.05, 0.1) is 5.75 Å². The maximum absolute atomic E-state index is 12.6. The molecule has 1 heterocycles. The number of aryl methyl sites for hydroxylation is 1. The van der Waals surface area contributed by atoms with Crippen molar-refractivity contribution >= 4 is 35.0 Å². The molecule has 1 fully saturated rings. The van der Waals surface area contributed by atoms with Gasteiger partial charge >= 0.3 is 0 Å². The highest BCUT2D eigenvalue weighted by molar-refractivity contribution is 8.00. The van der Waals surface area contributed by atoms with Crippen LogP contribution in [0.5, 0.6) is 0 Å². The SMILES string of the molecule is Cc1ccccc1C(=O)Nc1ccc([C@@H]2SCC(=O)N2c2ccc(C(C)C)cc2)cc1. The summed E-state index contributed by atoms with van der Waals surface area (Å²) in [5, 5.41) is 2.89. The molecule has 1 atom stereocenters. The number of amides is 2. The van der Waals surface area contributed by atoms with E-state index in [-0.39, 0.29) is 17.2 Å². The highest BCUT2D eigenvalue weighted by Gasteiger charge is 2.34. The fourth-order valence-corrected chi connectivity index (χ4v) is 4.90. The zero-order chi connectivity index (χ0) is 22.0. The van der Waals surface area contributed by atoms with Gasteiger partial charge in [-0.2, -0.15) is 0 Å². The number of hydrogen-bond acceptors (Lipinski definition) is 3. The number of nitrogens with zero attached hydrogens (tertiary/aromatic N) is 1. The van der Waals surface area contributed by atoms with Gasteiger partial charge in [0.1, 0.15) is 5.37 Å². The standard InChI is InChI=1S/C26H26N2O2S/c1-17(2)19-10-14-22(15-11-19)28-24(29)16-31-26(28)20-8-12-21(13-9-20)27-25(30)23-7-5-4-6-18(23)3/h4-15,17,26H,16H2,1-3H3,(H,27,30)/t26-/m0/s1. The maximum atomic E-state index is 12.6. The van der Waals surface area contributed by atoms with Gasteiger partial charge in [-0.3, -0.25) is 14.5 Å². The zero-order valence-electron chi connectivity index (χ0n) is 18.0. The predicted octanol–water partition coefficient (Wildman–Crippen LogP) is 6.15. The third-order valence-electron chi connectivity index (χ3n) is 5.55. The van der Waals surface area contributed by atoms with Crippen LogP contribution in [-0.2, 0) is 4.79 Å². The average Bonchev–Trinajstić information content (AvgIpc) is 3.16. The van der Waals surface area contributed by atoms with E-state index in [0.29, 0.717) is 17.2 Å². The molecule has 0 saturated carbocycles. The minimum absolute atomic E-state index is 0.0708. The summed E-state index contributed by atoms with van der Waals surface area (Å²) in [5.74, 6) is 0.908. The number of nitrogens with one attached hydrogen (secondary N) is 1. The van der Waals surface area contributed by atoms with Gasteiger partial charge in [-0.25, -0.2) is 0 Å². The quantitative estimate of drug-likeness (QED) is 0.528. The van der Waals surface area contributed by atoms with Crippen molar-refractivity contribution in [2.45, 2.75) is 32.1 Å². The number of anilines is 2. The molecule has 31 heavy (non-hydrogen) atoms. The summed E-state index contributed by atoms with van der Waals surface area (Å²) < 4.78 is 0. The Labute approximate surface area is 187 Å². The van der Waals surface area contributed by atoms with Gasteiger partial charge < -0.3 is 5.32 Å². The molecule has 1 aliphatic rings. The second-order valence-corrected chi connectivity index (χ2v) is 9.13. The number of carbonyl (C=O) groups excluding carboxylic acids is 2. The maximum Gasteiger partial charge on any atom is 0.255 e. The van der Waals surface area contributed by atoms with Gasteiger partial charge in [-0.15, -0.1) is 11.8 Å². The summed E-state index contributed by atoms with van der Waals surface area (Å²) in [6.45, 7) is 6.25. The summed E-state index contributed by atoms with van der Waals surface area (Å²) in [4.78, 5) is 27.1. The molecule has 0 aliphatic carbocycles. The Kier molecular flexibility index (Phi) is 6.14. The second kappa shape index (κ2) is 8.98. The molecule has 0 unspecified atom stereocenters. The molecule has 0 spiro atoms. The van der Waals surface area contributed by atoms with Gasteiger partial charge in [0, 0.05) is 16.9 Å². The number of rotatable bonds is 5. The van der Waals surface area contributed by atoms with E-state index in [1.165, 1.54) is 5.56 Å². The number of carbonyl (C=O) groups is 2. The van der Waals surface area contributed by atoms with Crippen LogP contribution < -0.4 is 10.2 Å². The summed E-state index contributed by atoms with van der Waals surface area (Å²) in [7, 11) is 0. The molecule has 4 nitrogen and oxygen atoms in total. The molecule has 0 aromatic heterocycles. The van der Waals surface area contributed by atoms with Gasteiger partial charge in [0.25, 0.3) is 5.91 Å². The summed E-state index contributed by atoms with van der Waals surface area (Å²) in [5.41, 5.74) is 5.56. The van der Waals surface area contributed by atoms with E-state index in [4.69, 9.17) is 0 Å². The lowest BCUT2D eigenvalue weighted by atomic mass is 10.0. The topological polar surface area (TPSA) is 49.4 Å². The smallest absolute Gasteiger partial charge is 0.255 e. The predicted molar refractivity (Wildman–Crippen MR) is 129 cm³/mol. The normalized spacial score (nSPS) is 16.1. The molecular weight excluding hydrogens is 404 g/mol. The number of hydrogen-bond donors (Lipinski definition) is 1. The van der Waals surface area contributed by atoms with Crippen molar-refractivity contribution in [3.05, 3.63) is 95.1 Å². The first-order valence-electron chi connectivity index (χ1n) is 10.4. The molecule has 4 rings (SSSR count). The van der Waals surface area contributed by atoms with Crippen molar-refractivity contribution in [2.75, 3.05) is 16.0 Å². The van der Waals surface area contributed by atoms with Crippen molar-refractivity contribution in [1.29, 1.82) is 0 Å². The number of benzene rings is 3. The van der Waals surface area contributed by atoms with E-state index in [2.05, 4.69) is 31.3 Å². The summed E-state index contributed by atoms with van der Waals surface area (Å²) >= 11 is 1.62. The first-order chi connectivity index (χ1) is 14.9. The van der Waals surface area contributed by atoms with Crippen molar-refractivity contribution in [3.63, 3.8) is 0 Å². The Morgan fingerprint density at radius 2 is 1.68 bits per heavy atom. The van der Waals surface area contributed by atoms with E-state index in [1.54, 1.807) is 11.8 Å². The van der Waals surface area contributed by atoms with Gasteiger partial charge in [-0.1, -0.05) is 56.3 Å². The number of thioether (sulfide) groups is 1. The third kappa shape index (κ3) is 4.52. The molecule has 1 aliphatic heterocycles. The summed E-state index contributed by atoms with van der Waals surface area (Å²) in [6.07, 6.45) is 0.